The van der Waals surface area contributed by atoms with Gasteiger partial charge in [0.25, 0.3) is 5.91 Å². The fourth-order valence-electron chi connectivity index (χ4n) is 2.89. The van der Waals surface area contributed by atoms with Gasteiger partial charge in [-0.15, -0.1) is 0 Å². The Labute approximate surface area is 137 Å². The van der Waals surface area contributed by atoms with E-state index in [2.05, 4.69) is 15.3 Å². The maximum absolute atomic E-state index is 13.4. The number of imidazole rings is 1. The molecule has 0 radical (unpaired) electrons. The number of carbonyl (C=O) groups excluding carboxylic acids is 1. The third-order valence-corrected chi connectivity index (χ3v) is 4.18. The molecular formula is C18H15FN4O. The average molecular weight is 322 g/mol. The Morgan fingerprint density at radius 1 is 1.25 bits per heavy atom. The molecule has 0 aliphatic rings. The Kier molecular flexibility index (Phi) is 3.30. The van der Waals surface area contributed by atoms with Gasteiger partial charge >= 0.3 is 0 Å². The van der Waals surface area contributed by atoms with Crippen molar-refractivity contribution in [2.45, 2.75) is 6.54 Å². The first-order valence-electron chi connectivity index (χ1n) is 7.57. The Morgan fingerprint density at radius 3 is 3.00 bits per heavy atom. The molecule has 0 bridgehead atoms. The topological polar surface area (TPSA) is 62.7 Å². The summed E-state index contributed by atoms with van der Waals surface area (Å²) < 4.78 is 15.1. The smallest absolute Gasteiger partial charge is 0.268 e. The number of rotatable bonds is 3. The zero-order valence-electron chi connectivity index (χ0n) is 13.0. The molecule has 2 heterocycles. The van der Waals surface area contributed by atoms with Crippen LogP contribution in [0.1, 0.15) is 16.1 Å². The second-order valence-corrected chi connectivity index (χ2v) is 5.73. The molecule has 4 aromatic rings. The van der Waals surface area contributed by atoms with Crippen LogP contribution in [0, 0.1) is 5.82 Å². The number of carbonyl (C=O) groups is 1. The summed E-state index contributed by atoms with van der Waals surface area (Å²) in [7, 11) is 1.76. The molecule has 1 amide bonds. The van der Waals surface area contributed by atoms with E-state index in [4.69, 9.17) is 0 Å². The van der Waals surface area contributed by atoms with Crippen LogP contribution >= 0.6 is 0 Å². The molecule has 0 spiro atoms. The maximum Gasteiger partial charge on any atom is 0.268 e. The van der Waals surface area contributed by atoms with Gasteiger partial charge in [0.2, 0.25) is 0 Å². The molecule has 2 aromatic heterocycles. The molecule has 0 saturated heterocycles. The number of amides is 1. The van der Waals surface area contributed by atoms with Crippen LogP contribution in [0.2, 0.25) is 0 Å². The molecule has 4 rings (SSSR count). The summed E-state index contributed by atoms with van der Waals surface area (Å²) in [6, 6.07) is 12.1. The van der Waals surface area contributed by atoms with Crippen LogP contribution in [0.3, 0.4) is 0 Å². The van der Waals surface area contributed by atoms with E-state index in [1.54, 1.807) is 30.1 Å². The van der Waals surface area contributed by atoms with Crippen molar-refractivity contribution in [1.82, 2.24) is 19.9 Å². The normalized spacial score (nSPS) is 11.2. The van der Waals surface area contributed by atoms with Gasteiger partial charge < -0.3 is 14.9 Å². The molecule has 0 atom stereocenters. The van der Waals surface area contributed by atoms with Crippen molar-refractivity contribution in [3.05, 3.63) is 65.9 Å². The number of halogens is 1. The number of nitrogens with one attached hydrogen (secondary N) is 2. The highest BCUT2D eigenvalue weighted by atomic mass is 19.1. The van der Waals surface area contributed by atoms with E-state index in [-0.39, 0.29) is 11.7 Å². The largest absolute Gasteiger partial charge is 0.347 e. The number of H-pyrrole nitrogens is 1. The summed E-state index contributed by atoms with van der Waals surface area (Å²) in [6.45, 7) is 0.406. The molecule has 24 heavy (non-hydrogen) atoms. The minimum atomic E-state index is -0.316. The summed E-state index contributed by atoms with van der Waals surface area (Å²) in [4.78, 5) is 19.7. The van der Waals surface area contributed by atoms with Crippen LogP contribution in [0.15, 0.2) is 48.8 Å². The fourth-order valence-corrected chi connectivity index (χ4v) is 2.89. The SMILES string of the molecule is Cn1c(C(=O)NCc2ccc3nc[nH]c3c2)cc2ccc(F)cc21. The van der Waals surface area contributed by atoms with Crippen LogP contribution in [0.4, 0.5) is 4.39 Å². The van der Waals surface area contributed by atoms with Crippen molar-refractivity contribution in [3.63, 3.8) is 0 Å². The lowest BCUT2D eigenvalue weighted by Crippen LogP contribution is -2.24. The van der Waals surface area contributed by atoms with Crippen molar-refractivity contribution >= 4 is 27.8 Å². The van der Waals surface area contributed by atoms with Crippen molar-refractivity contribution in [3.8, 4) is 0 Å². The van der Waals surface area contributed by atoms with E-state index in [0.29, 0.717) is 17.8 Å². The molecule has 2 N–H and O–H groups in total. The fraction of sp³-hybridized carbons (Fsp3) is 0.111. The third kappa shape index (κ3) is 2.42. The van der Waals surface area contributed by atoms with E-state index in [9.17, 15) is 9.18 Å². The third-order valence-electron chi connectivity index (χ3n) is 4.18. The Hall–Kier alpha value is -3.15. The molecule has 2 aromatic carbocycles. The van der Waals surface area contributed by atoms with Gasteiger partial charge in [0.15, 0.2) is 0 Å². The summed E-state index contributed by atoms with van der Waals surface area (Å²) in [6.07, 6.45) is 1.64. The van der Waals surface area contributed by atoms with Crippen LogP contribution in [-0.4, -0.2) is 20.4 Å². The monoisotopic (exact) mass is 322 g/mol. The van der Waals surface area contributed by atoms with E-state index >= 15 is 0 Å². The van der Waals surface area contributed by atoms with Crippen molar-refractivity contribution in [1.29, 1.82) is 0 Å². The van der Waals surface area contributed by atoms with E-state index in [1.165, 1.54) is 12.1 Å². The van der Waals surface area contributed by atoms with Crippen LogP contribution in [0.5, 0.6) is 0 Å². The summed E-state index contributed by atoms with van der Waals surface area (Å²) in [5.74, 6) is -0.512. The molecule has 120 valence electrons. The lowest BCUT2D eigenvalue weighted by molar-refractivity contribution is 0.0943. The predicted octanol–water partition coefficient (Wildman–Crippen LogP) is 3.12. The highest BCUT2D eigenvalue weighted by Crippen LogP contribution is 2.20. The zero-order valence-corrected chi connectivity index (χ0v) is 13.0. The van der Waals surface area contributed by atoms with Crippen LogP contribution in [-0.2, 0) is 13.6 Å². The molecule has 0 unspecified atom stereocenters. The number of benzene rings is 2. The summed E-state index contributed by atoms with van der Waals surface area (Å²) in [5.41, 5.74) is 3.99. The molecule has 6 heteroatoms. The summed E-state index contributed by atoms with van der Waals surface area (Å²) in [5, 5.41) is 3.74. The predicted molar refractivity (Wildman–Crippen MR) is 90.1 cm³/mol. The van der Waals surface area contributed by atoms with Crippen LogP contribution in [0.25, 0.3) is 21.9 Å². The van der Waals surface area contributed by atoms with Gasteiger partial charge in [0, 0.05) is 19.0 Å². The van der Waals surface area contributed by atoms with E-state index < -0.39 is 0 Å². The van der Waals surface area contributed by atoms with Crippen LogP contribution < -0.4 is 5.32 Å². The van der Waals surface area contributed by atoms with Gasteiger partial charge in [0.05, 0.1) is 22.9 Å². The second kappa shape index (κ2) is 5.49. The van der Waals surface area contributed by atoms with Gasteiger partial charge in [-0.3, -0.25) is 4.79 Å². The number of hydrogen-bond acceptors (Lipinski definition) is 2. The van der Waals surface area contributed by atoms with Gasteiger partial charge in [-0.1, -0.05) is 6.07 Å². The molecule has 0 aliphatic carbocycles. The average Bonchev–Trinajstić information content (AvgIpc) is 3.17. The first-order valence-corrected chi connectivity index (χ1v) is 7.57. The number of aromatic amines is 1. The molecule has 0 aliphatic heterocycles. The van der Waals surface area contributed by atoms with Crippen molar-refractivity contribution < 1.29 is 9.18 Å². The minimum absolute atomic E-state index is 0.196. The Balaban J connectivity index is 1.56. The molecule has 0 fully saturated rings. The van der Waals surface area contributed by atoms with Gasteiger partial charge in [0.1, 0.15) is 11.5 Å². The zero-order chi connectivity index (χ0) is 16.7. The number of nitrogens with zero attached hydrogens (tertiary/aromatic N) is 2. The Morgan fingerprint density at radius 2 is 2.12 bits per heavy atom. The van der Waals surface area contributed by atoms with E-state index in [1.807, 2.05) is 18.2 Å². The van der Waals surface area contributed by atoms with E-state index in [0.717, 1.165) is 22.0 Å². The number of fused-ring (bicyclic) bond motifs is 2. The molecular weight excluding hydrogens is 307 g/mol. The van der Waals surface area contributed by atoms with Crippen molar-refractivity contribution in [2.24, 2.45) is 7.05 Å². The second-order valence-electron chi connectivity index (χ2n) is 5.73. The van der Waals surface area contributed by atoms with Gasteiger partial charge in [-0.25, -0.2) is 9.37 Å². The lowest BCUT2D eigenvalue weighted by atomic mass is 10.2. The van der Waals surface area contributed by atoms with Gasteiger partial charge in [-0.05, 0) is 42.0 Å². The maximum atomic E-state index is 13.4. The standard InChI is InChI=1S/C18H15FN4O/c1-23-16-8-13(19)4-3-12(16)7-17(23)18(24)20-9-11-2-5-14-15(6-11)22-10-21-14/h2-8,10H,9H2,1H3,(H,20,24)(H,21,22). The molecule has 0 saturated carbocycles. The summed E-state index contributed by atoms with van der Waals surface area (Å²) >= 11 is 0. The number of aryl methyl sites for hydroxylation is 1. The number of hydrogen-bond donors (Lipinski definition) is 2. The lowest BCUT2D eigenvalue weighted by Gasteiger charge is -2.07. The van der Waals surface area contributed by atoms with Gasteiger partial charge in [-0.2, -0.15) is 0 Å². The van der Waals surface area contributed by atoms with Crippen molar-refractivity contribution in [2.75, 3.05) is 0 Å². The minimum Gasteiger partial charge on any atom is -0.347 e. The quantitative estimate of drug-likeness (QED) is 0.609. The Bertz CT molecular complexity index is 1060. The highest BCUT2D eigenvalue weighted by Gasteiger charge is 2.13. The molecule has 5 nitrogen and oxygen atoms in total. The highest BCUT2D eigenvalue weighted by molar-refractivity contribution is 5.98. The first-order chi connectivity index (χ1) is 11.6. The number of aromatic nitrogens is 3. The first kappa shape index (κ1) is 14.4.